The van der Waals surface area contributed by atoms with Gasteiger partial charge < -0.3 is 5.32 Å². The molecule has 1 nitrogen and oxygen atoms in total. The van der Waals surface area contributed by atoms with E-state index in [9.17, 15) is 17.6 Å². The van der Waals surface area contributed by atoms with E-state index in [4.69, 9.17) is 0 Å². The van der Waals surface area contributed by atoms with Gasteiger partial charge in [0.25, 0.3) is 0 Å². The highest BCUT2D eigenvalue weighted by molar-refractivity contribution is 5.45. The number of alkyl halides is 3. The van der Waals surface area contributed by atoms with E-state index in [2.05, 4.69) is 5.32 Å². The summed E-state index contributed by atoms with van der Waals surface area (Å²) in [5.74, 6) is -0.364. The molecular weight excluding hydrogens is 210 g/mol. The number of benzene rings is 1. The van der Waals surface area contributed by atoms with Crippen LogP contribution in [0.15, 0.2) is 18.2 Å². The van der Waals surface area contributed by atoms with Gasteiger partial charge in [0.2, 0.25) is 0 Å². The summed E-state index contributed by atoms with van der Waals surface area (Å²) < 4.78 is 48.2. The largest absolute Gasteiger partial charge is 0.390 e. The molecule has 0 aliphatic carbocycles. The summed E-state index contributed by atoms with van der Waals surface area (Å²) in [6, 6.07) is 4.12. The van der Waals surface area contributed by atoms with Crippen LogP contribution in [0, 0.1) is 12.7 Å². The van der Waals surface area contributed by atoms with Crippen molar-refractivity contribution in [2.45, 2.75) is 19.5 Å². The molecule has 1 aromatic carbocycles. The molecule has 5 heteroatoms. The second-order valence-electron chi connectivity index (χ2n) is 3.26. The smallest absolute Gasteiger partial charge is 0.385 e. The standard InChI is InChI=1S/C10H11F4N/c1-7-6-8(2-3-9(7)11)15-5-4-10(12,13)14/h2-3,6,15H,4-5H2,1H3. The lowest BCUT2D eigenvalue weighted by atomic mass is 10.2. The maximum Gasteiger partial charge on any atom is 0.390 e. The predicted molar refractivity (Wildman–Crippen MR) is 50.3 cm³/mol. The Morgan fingerprint density at radius 1 is 1.27 bits per heavy atom. The van der Waals surface area contributed by atoms with Crippen LogP contribution in [-0.4, -0.2) is 12.7 Å². The lowest BCUT2D eigenvalue weighted by Gasteiger charge is -2.09. The first kappa shape index (κ1) is 11.8. The van der Waals surface area contributed by atoms with Crippen molar-refractivity contribution in [1.29, 1.82) is 0 Å². The first-order valence-corrected chi connectivity index (χ1v) is 4.45. The van der Waals surface area contributed by atoms with Gasteiger partial charge in [0.1, 0.15) is 5.82 Å². The van der Waals surface area contributed by atoms with E-state index >= 15 is 0 Å². The van der Waals surface area contributed by atoms with E-state index in [0.29, 0.717) is 11.3 Å². The molecule has 0 saturated carbocycles. The van der Waals surface area contributed by atoms with E-state index < -0.39 is 12.6 Å². The maximum atomic E-state index is 12.8. The predicted octanol–water partition coefficient (Wildman–Crippen LogP) is 3.50. The SMILES string of the molecule is Cc1cc(NCCC(F)(F)F)ccc1F. The molecule has 0 fully saturated rings. The second kappa shape index (κ2) is 4.51. The molecule has 84 valence electrons. The third kappa shape index (κ3) is 4.18. The fraction of sp³-hybridized carbons (Fsp3) is 0.400. The van der Waals surface area contributed by atoms with Gasteiger partial charge in [-0.1, -0.05) is 0 Å². The monoisotopic (exact) mass is 221 g/mol. The van der Waals surface area contributed by atoms with Crippen molar-refractivity contribution in [2.24, 2.45) is 0 Å². The molecule has 0 atom stereocenters. The fourth-order valence-corrected chi connectivity index (χ4v) is 1.10. The van der Waals surface area contributed by atoms with Crippen LogP contribution < -0.4 is 5.32 Å². The highest BCUT2D eigenvalue weighted by atomic mass is 19.4. The molecule has 0 bridgehead atoms. The van der Waals surface area contributed by atoms with Gasteiger partial charge in [0.15, 0.2) is 0 Å². The Morgan fingerprint density at radius 2 is 1.93 bits per heavy atom. The van der Waals surface area contributed by atoms with E-state index in [1.807, 2.05) is 0 Å². The molecule has 0 unspecified atom stereocenters. The van der Waals surface area contributed by atoms with Crippen molar-refractivity contribution >= 4 is 5.69 Å². The molecule has 0 heterocycles. The van der Waals surface area contributed by atoms with E-state index in [1.54, 1.807) is 6.92 Å². The van der Waals surface area contributed by atoms with Gasteiger partial charge >= 0.3 is 6.18 Å². The van der Waals surface area contributed by atoms with E-state index in [1.165, 1.54) is 18.2 Å². The van der Waals surface area contributed by atoms with Crippen molar-refractivity contribution in [2.75, 3.05) is 11.9 Å². The highest BCUT2D eigenvalue weighted by Gasteiger charge is 2.26. The number of halogens is 4. The van der Waals surface area contributed by atoms with Gasteiger partial charge in [0, 0.05) is 12.2 Å². The van der Waals surface area contributed by atoms with Crippen molar-refractivity contribution in [3.63, 3.8) is 0 Å². The van der Waals surface area contributed by atoms with Crippen LogP contribution in [0.3, 0.4) is 0 Å². The molecule has 0 spiro atoms. The molecular formula is C10H11F4N. The quantitative estimate of drug-likeness (QED) is 0.770. The molecule has 0 aromatic heterocycles. The summed E-state index contributed by atoms with van der Waals surface area (Å²) in [6.07, 6.45) is -5.06. The molecule has 15 heavy (non-hydrogen) atoms. The molecule has 0 aliphatic rings. The Kier molecular flexibility index (Phi) is 3.55. The summed E-state index contributed by atoms with van der Waals surface area (Å²) in [7, 11) is 0. The lowest BCUT2D eigenvalue weighted by molar-refractivity contribution is -0.131. The molecule has 0 amide bonds. The van der Waals surface area contributed by atoms with Crippen LogP contribution in [0.5, 0.6) is 0 Å². The van der Waals surface area contributed by atoms with Gasteiger partial charge in [-0.15, -0.1) is 0 Å². The van der Waals surface area contributed by atoms with Crippen LogP contribution in [0.2, 0.25) is 0 Å². The Bertz CT molecular complexity index is 333. The van der Waals surface area contributed by atoms with Crippen molar-refractivity contribution in [3.05, 3.63) is 29.6 Å². The minimum absolute atomic E-state index is 0.200. The number of hydrogen-bond acceptors (Lipinski definition) is 1. The Balaban J connectivity index is 2.48. The van der Waals surface area contributed by atoms with Crippen molar-refractivity contribution in [1.82, 2.24) is 0 Å². The molecule has 0 radical (unpaired) electrons. The minimum atomic E-state index is -4.16. The number of nitrogens with one attached hydrogen (secondary N) is 1. The first-order valence-electron chi connectivity index (χ1n) is 4.45. The van der Waals surface area contributed by atoms with Crippen LogP contribution in [0.25, 0.3) is 0 Å². The zero-order chi connectivity index (χ0) is 11.5. The molecule has 0 saturated heterocycles. The van der Waals surface area contributed by atoms with Crippen LogP contribution >= 0.6 is 0 Å². The molecule has 0 aliphatic heterocycles. The highest BCUT2D eigenvalue weighted by Crippen LogP contribution is 2.20. The van der Waals surface area contributed by atoms with Gasteiger partial charge in [-0.05, 0) is 30.7 Å². The third-order valence-corrected chi connectivity index (χ3v) is 1.90. The Labute approximate surface area is 85.1 Å². The summed E-state index contributed by atoms with van der Waals surface area (Å²) >= 11 is 0. The average Bonchev–Trinajstić information content (AvgIpc) is 2.09. The number of rotatable bonds is 3. The summed E-state index contributed by atoms with van der Waals surface area (Å²) in [5.41, 5.74) is 0.908. The van der Waals surface area contributed by atoms with Gasteiger partial charge in [-0.2, -0.15) is 13.2 Å². The zero-order valence-electron chi connectivity index (χ0n) is 8.16. The molecule has 1 aromatic rings. The fourth-order valence-electron chi connectivity index (χ4n) is 1.10. The summed E-state index contributed by atoms with van der Waals surface area (Å²) in [5, 5.41) is 2.58. The van der Waals surface area contributed by atoms with Gasteiger partial charge in [0.05, 0.1) is 6.42 Å². The normalized spacial score (nSPS) is 11.5. The second-order valence-corrected chi connectivity index (χ2v) is 3.26. The summed E-state index contributed by atoms with van der Waals surface area (Å²) in [4.78, 5) is 0. The topological polar surface area (TPSA) is 12.0 Å². The average molecular weight is 221 g/mol. The first-order chi connectivity index (χ1) is 6.88. The maximum absolute atomic E-state index is 12.8. The number of aryl methyl sites for hydroxylation is 1. The lowest BCUT2D eigenvalue weighted by Crippen LogP contribution is -2.14. The van der Waals surface area contributed by atoms with E-state index in [-0.39, 0.29) is 12.4 Å². The third-order valence-electron chi connectivity index (χ3n) is 1.90. The minimum Gasteiger partial charge on any atom is -0.385 e. The van der Waals surface area contributed by atoms with Crippen molar-refractivity contribution in [3.8, 4) is 0 Å². The molecule has 1 N–H and O–H groups in total. The molecule has 1 rings (SSSR count). The van der Waals surface area contributed by atoms with Crippen LogP contribution in [-0.2, 0) is 0 Å². The Morgan fingerprint density at radius 3 is 2.47 bits per heavy atom. The van der Waals surface area contributed by atoms with Crippen LogP contribution in [0.1, 0.15) is 12.0 Å². The van der Waals surface area contributed by atoms with Crippen molar-refractivity contribution < 1.29 is 17.6 Å². The van der Waals surface area contributed by atoms with Gasteiger partial charge in [-0.25, -0.2) is 4.39 Å². The zero-order valence-corrected chi connectivity index (χ0v) is 8.16. The Hall–Kier alpha value is -1.26. The number of hydrogen-bond donors (Lipinski definition) is 1. The van der Waals surface area contributed by atoms with Crippen LogP contribution in [0.4, 0.5) is 23.2 Å². The van der Waals surface area contributed by atoms with E-state index in [0.717, 1.165) is 0 Å². The summed E-state index contributed by atoms with van der Waals surface area (Å²) in [6.45, 7) is 1.36. The van der Waals surface area contributed by atoms with Gasteiger partial charge in [-0.3, -0.25) is 0 Å². The number of anilines is 1.